The first-order valence-electron chi connectivity index (χ1n) is 4.82. The van der Waals surface area contributed by atoms with Gasteiger partial charge in [0.05, 0.1) is 18.7 Å². The van der Waals surface area contributed by atoms with Gasteiger partial charge in [0.2, 0.25) is 0 Å². The second kappa shape index (κ2) is 4.56. The van der Waals surface area contributed by atoms with Gasteiger partial charge in [-0.25, -0.2) is 10.1 Å². The van der Waals surface area contributed by atoms with Crippen LogP contribution >= 0.6 is 0 Å². The van der Waals surface area contributed by atoms with Gasteiger partial charge in [0.15, 0.2) is 5.03 Å². The normalized spacial score (nSPS) is 29.2. The Labute approximate surface area is 83.2 Å². The predicted octanol–water partition coefficient (Wildman–Crippen LogP) is -0.435. The van der Waals surface area contributed by atoms with Gasteiger partial charge < -0.3 is 5.11 Å². The molecule has 0 aliphatic carbocycles. The summed E-state index contributed by atoms with van der Waals surface area (Å²) in [4.78, 5) is 12.8. The summed E-state index contributed by atoms with van der Waals surface area (Å²) in [6.45, 7) is 5.67. The largest absolute Gasteiger partial charge is 0.395 e. The van der Waals surface area contributed by atoms with E-state index in [1.165, 1.54) is 5.01 Å². The number of nitrogens with zero attached hydrogens (tertiary/aromatic N) is 3. The highest BCUT2D eigenvalue weighted by Crippen LogP contribution is 2.14. The van der Waals surface area contributed by atoms with Crippen molar-refractivity contribution in [3.63, 3.8) is 0 Å². The van der Waals surface area contributed by atoms with Crippen molar-refractivity contribution in [1.29, 1.82) is 0 Å². The molecule has 1 aliphatic rings. The van der Waals surface area contributed by atoms with Crippen LogP contribution < -0.4 is 0 Å². The van der Waals surface area contributed by atoms with Crippen molar-refractivity contribution < 1.29 is 10.1 Å². The van der Waals surface area contributed by atoms with Crippen molar-refractivity contribution in [3.8, 4) is 0 Å². The van der Waals surface area contributed by atoms with Crippen LogP contribution in [0.4, 0.5) is 0 Å². The molecule has 0 spiro atoms. The molecule has 1 saturated heterocycles. The molecule has 1 fully saturated rings. The topological polar surface area (TPSA) is 69.8 Å². The van der Waals surface area contributed by atoms with E-state index in [4.69, 9.17) is 5.11 Å². The average molecular weight is 203 g/mol. The first-order chi connectivity index (χ1) is 6.56. The van der Waals surface area contributed by atoms with E-state index >= 15 is 0 Å². The molecule has 0 amide bonds. The molecule has 0 radical (unpaired) electrons. The van der Waals surface area contributed by atoms with Crippen molar-refractivity contribution in [3.05, 3.63) is 10.1 Å². The molecule has 1 N–H and O–H groups in total. The second-order valence-electron chi connectivity index (χ2n) is 3.80. The summed E-state index contributed by atoms with van der Waals surface area (Å²) in [5.74, 6) is 0. The number of β-amino-alcohol motifs (C(OH)–C–C–N with tert-alkyl or cyclic N) is 1. The Morgan fingerprint density at radius 1 is 1.43 bits per heavy atom. The third-order valence-electron chi connectivity index (χ3n) is 2.55. The minimum atomic E-state index is -0.328. The standard InChI is InChI=1S/C8H17N3O3/c1-7-5-9(3-4-12)6-8(2)10(7)11(13)14/h7-8,12H,3-6H2,1-2H3. The molecule has 0 aromatic heterocycles. The lowest BCUT2D eigenvalue weighted by molar-refractivity contribution is -0.674. The monoisotopic (exact) mass is 203 g/mol. The van der Waals surface area contributed by atoms with Crippen molar-refractivity contribution in [2.75, 3.05) is 26.2 Å². The van der Waals surface area contributed by atoms with Crippen molar-refractivity contribution >= 4 is 0 Å². The molecule has 2 unspecified atom stereocenters. The van der Waals surface area contributed by atoms with E-state index in [0.29, 0.717) is 19.6 Å². The molecule has 1 rings (SSSR count). The van der Waals surface area contributed by atoms with E-state index in [1.54, 1.807) is 0 Å². The molecular weight excluding hydrogens is 186 g/mol. The Balaban J connectivity index is 2.58. The lowest BCUT2D eigenvalue weighted by atomic mass is 10.1. The van der Waals surface area contributed by atoms with Crippen LogP contribution in [0.3, 0.4) is 0 Å². The maximum absolute atomic E-state index is 10.7. The van der Waals surface area contributed by atoms with Gasteiger partial charge in [0.25, 0.3) is 0 Å². The third kappa shape index (κ3) is 2.33. The average Bonchev–Trinajstić information content (AvgIpc) is 2.01. The van der Waals surface area contributed by atoms with Gasteiger partial charge in [-0.1, -0.05) is 0 Å². The number of rotatable bonds is 3. The summed E-state index contributed by atoms with van der Waals surface area (Å²) in [6, 6.07) is -0.194. The first-order valence-corrected chi connectivity index (χ1v) is 4.82. The van der Waals surface area contributed by atoms with Gasteiger partial charge in [-0.2, -0.15) is 0 Å². The summed E-state index contributed by atoms with van der Waals surface area (Å²) in [6.07, 6.45) is 0. The molecule has 0 saturated carbocycles. The van der Waals surface area contributed by atoms with Crippen LogP contribution in [0.5, 0.6) is 0 Å². The molecule has 6 nitrogen and oxygen atoms in total. The fraction of sp³-hybridized carbons (Fsp3) is 1.00. The first kappa shape index (κ1) is 11.2. The van der Waals surface area contributed by atoms with Crippen molar-refractivity contribution in [2.24, 2.45) is 0 Å². The van der Waals surface area contributed by atoms with Crippen LogP contribution in [0.2, 0.25) is 0 Å². The van der Waals surface area contributed by atoms with E-state index in [1.807, 2.05) is 13.8 Å². The van der Waals surface area contributed by atoms with Gasteiger partial charge >= 0.3 is 0 Å². The van der Waals surface area contributed by atoms with Crippen LogP contribution in [0.1, 0.15) is 13.8 Å². The van der Waals surface area contributed by atoms with Gasteiger partial charge in [-0.05, 0) is 13.8 Å². The number of hydrogen-bond acceptors (Lipinski definition) is 4. The van der Waals surface area contributed by atoms with E-state index in [-0.39, 0.29) is 23.7 Å². The van der Waals surface area contributed by atoms with Gasteiger partial charge in [0, 0.05) is 19.6 Å². The van der Waals surface area contributed by atoms with E-state index in [2.05, 4.69) is 4.90 Å². The lowest BCUT2D eigenvalue weighted by Crippen LogP contribution is -2.58. The third-order valence-corrected chi connectivity index (χ3v) is 2.55. The zero-order valence-electron chi connectivity index (χ0n) is 8.59. The minimum Gasteiger partial charge on any atom is -0.395 e. The highest BCUT2D eigenvalue weighted by atomic mass is 16.7. The quantitative estimate of drug-likeness (QED) is 0.497. The Morgan fingerprint density at radius 3 is 2.29 bits per heavy atom. The number of hydrazine groups is 1. The predicted molar refractivity (Wildman–Crippen MR) is 51.3 cm³/mol. The zero-order chi connectivity index (χ0) is 10.7. The highest BCUT2D eigenvalue weighted by Gasteiger charge is 2.35. The lowest BCUT2D eigenvalue weighted by Gasteiger charge is -2.38. The number of aliphatic hydroxyl groups excluding tert-OH is 1. The van der Waals surface area contributed by atoms with E-state index in [9.17, 15) is 10.1 Å². The summed E-state index contributed by atoms with van der Waals surface area (Å²) < 4.78 is 0. The maximum atomic E-state index is 10.7. The minimum absolute atomic E-state index is 0.0969. The fourth-order valence-electron chi connectivity index (χ4n) is 2.07. The SMILES string of the molecule is CC1CN(CCO)CC(C)N1[N+](=O)[O-]. The van der Waals surface area contributed by atoms with Crippen LogP contribution in [0, 0.1) is 10.1 Å². The Hall–Kier alpha value is -0.880. The molecular formula is C8H17N3O3. The Morgan fingerprint density at radius 2 is 1.93 bits per heavy atom. The number of aliphatic hydroxyl groups is 1. The van der Waals surface area contributed by atoms with E-state index in [0.717, 1.165) is 0 Å². The van der Waals surface area contributed by atoms with Crippen LogP contribution in [0.25, 0.3) is 0 Å². The van der Waals surface area contributed by atoms with Gasteiger partial charge in [-0.15, -0.1) is 5.01 Å². The van der Waals surface area contributed by atoms with Gasteiger partial charge in [-0.3, -0.25) is 4.90 Å². The molecule has 0 aromatic carbocycles. The number of piperazine rings is 1. The smallest absolute Gasteiger partial charge is 0.160 e. The molecule has 2 atom stereocenters. The van der Waals surface area contributed by atoms with Crippen LogP contribution in [-0.4, -0.2) is 58.4 Å². The van der Waals surface area contributed by atoms with Crippen molar-refractivity contribution in [1.82, 2.24) is 9.91 Å². The van der Waals surface area contributed by atoms with Gasteiger partial charge in [0.1, 0.15) is 0 Å². The molecule has 6 heteroatoms. The highest BCUT2D eigenvalue weighted by molar-refractivity contribution is 4.79. The molecule has 1 aliphatic heterocycles. The van der Waals surface area contributed by atoms with Crippen LogP contribution in [-0.2, 0) is 0 Å². The summed E-state index contributed by atoms with van der Waals surface area (Å²) in [5, 5.41) is 20.4. The Kier molecular flexibility index (Phi) is 3.65. The molecule has 0 aromatic rings. The summed E-state index contributed by atoms with van der Waals surface area (Å²) >= 11 is 0. The maximum Gasteiger partial charge on any atom is 0.160 e. The molecule has 0 bridgehead atoms. The molecule has 14 heavy (non-hydrogen) atoms. The number of nitro groups is 1. The molecule has 1 heterocycles. The second-order valence-corrected chi connectivity index (χ2v) is 3.80. The number of hydrogen-bond donors (Lipinski definition) is 1. The van der Waals surface area contributed by atoms with Crippen molar-refractivity contribution in [2.45, 2.75) is 25.9 Å². The summed E-state index contributed by atoms with van der Waals surface area (Å²) in [5.41, 5.74) is 0. The fourth-order valence-corrected chi connectivity index (χ4v) is 2.07. The zero-order valence-corrected chi connectivity index (χ0v) is 8.59. The summed E-state index contributed by atoms with van der Waals surface area (Å²) in [7, 11) is 0. The molecule has 82 valence electrons. The van der Waals surface area contributed by atoms with Crippen LogP contribution in [0.15, 0.2) is 0 Å². The Bertz CT molecular complexity index is 200. The van der Waals surface area contributed by atoms with E-state index < -0.39 is 0 Å².